The molecule has 3 rings (SSSR count). The van der Waals surface area contributed by atoms with Crippen LogP contribution >= 0.6 is 0 Å². The van der Waals surface area contributed by atoms with Crippen LogP contribution < -0.4 is 16.6 Å². The molecule has 0 aliphatic heterocycles. The zero-order chi connectivity index (χ0) is 19.0. The number of rotatable bonds is 5. The molecular formula is C17H19N3O6. The minimum atomic E-state index is -1.18. The Kier molecular flexibility index (Phi) is 4.64. The fourth-order valence-electron chi connectivity index (χ4n) is 2.60. The van der Waals surface area contributed by atoms with Gasteiger partial charge in [0.2, 0.25) is 17.1 Å². The van der Waals surface area contributed by atoms with E-state index in [1.54, 1.807) is 13.8 Å². The van der Waals surface area contributed by atoms with Gasteiger partial charge in [-0.25, -0.2) is 14.6 Å². The van der Waals surface area contributed by atoms with Crippen molar-refractivity contribution in [3.8, 4) is 0 Å². The largest absolute Gasteiger partial charge is 0.455 e. The van der Waals surface area contributed by atoms with E-state index >= 15 is 0 Å². The predicted molar refractivity (Wildman–Crippen MR) is 94.5 cm³/mol. The smallest absolute Gasteiger partial charge is 0.423 e. The summed E-state index contributed by atoms with van der Waals surface area (Å²) < 4.78 is 15.9. The van der Waals surface area contributed by atoms with Gasteiger partial charge in [0, 0.05) is 18.5 Å². The van der Waals surface area contributed by atoms with Crippen LogP contribution in [0, 0.1) is 6.92 Å². The molecule has 3 aromatic heterocycles. The van der Waals surface area contributed by atoms with Gasteiger partial charge in [-0.2, -0.15) is 0 Å². The molecule has 0 saturated carbocycles. The van der Waals surface area contributed by atoms with Crippen molar-refractivity contribution in [3.63, 3.8) is 0 Å². The number of anilines is 1. The lowest BCUT2D eigenvalue weighted by atomic mass is 10.1. The van der Waals surface area contributed by atoms with Gasteiger partial charge in [0.1, 0.15) is 11.3 Å². The first-order chi connectivity index (χ1) is 12.3. The molecule has 3 aromatic rings. The average Bonchev–Trinajstić information content (AvgIpc) is 2.90. The van der Waals surface area contributed by atoms with E-state index < -0.39 is 11.3 Å². The number of carbonyl (C=O) groups is 1. The third-order valence-electron chi connectivity index (χ3n) is 3.98. The maximum atomic E-state index is 11.8. The van der Waals surface area contributed by atoms with Gasteiger partial charge in [-0.15, -0.1) is 0 Å². The minimum absolute atomic E-state index is 0.0205. The number of aromatic nitrogens is 1. The maximum Gasteiger partial charge on any atom is 0.423 e. The number of hydrogen-bond donors (Lipinski definition) is 1. The van der Waals surface area contributed by atoms with Crippen molar-refractivity contribution in [2.24, 2.45) is 0 Å². The summed E-state index contributed by atoms with van der Waals surface area (Å²) in [6.07, 6.45) is 0.854. The Hall–Kier alpha value is -2.94. The molecule has 1 amide bonds. The van der Waals surface area contributed by atoms with E-state index in [9.17, 15) is 14.4 Å². The molecular weight excluding hydrogens is 342 g/mol. The molecule has 1 N–H and O–H groups in total. The second-order valence-corrected chi connectivity index (χ2v) is 6.17. The summed E-state index contributed by atoms with van der Waals surface area (Å²) >= 11 is 0. The van der Waals surface area contributed by atoms with Gasteiger partial charge in [0.05, 0.1) is 0 Å². The molecule has 0 bridgehead atoms. The highest BCUT2D eigenvalue weighted by Crippen LogP contribution is 2.33. The maximum absolute atomic E-state index is 11.8. The molecule has 9 nitrogen and oxygen atoms in total. The number of amides is 1. The molecule has 26 heavy (non-hydrogen) atoms. The Labute approximate surface area is 147 Å². The lowest BCUT2D eigenvalue weighted by Gasteiger charge is -2.09. The average molecular weight is 361 g/mol. The van der Waals surface area contributed by atoms with Gasteiger partial charge in [-0.3, -0.25) is 4.79 Å². The fraction of sp³-hybridized carbons (Fsp3) is 0.412. The number of nitrogens with zero attached hydrogens (tertiary/aromatic N) is 2. The van der Waals surface area contributed by atoms with Crippen molar-refractivity contribution in [3.05, 3.63) is 32.2 Å². The topological polar surface area (TPSA) is 119 Å². The van der Waals surface area contributed by atoms with Crippen molar-refractivity contribution in [2.45, 2.75) is 26.7 Å². The normalized spacial score (nSPS) is 11.6. The third-order valence-corrected chi connectivity index (χ3v) is 3.98. The molecule has 0 saturated heterocycles. The minimum Gasteiger partial charge on any atom is -0.455 e. The zero-order valence-electron chi connectivity index (χ0n) is 15.0. The summed E-state index contributed by atoms with van der Waals surface area (Å²) in [5, 5.41) is 2.58. The Morgan fingerprint density at radius 2 is 1.73 bits per heavy atom. The monoisotopic (exact) mass is 361 g/mol. The van der Waals surface area contributed by atoms with Crippen molar-refractivity contribution in [1.82, 2.24) is 9.88 Å². The van der Waals surface area contributed by atoms with E-state index in [1.807, 2.05) is 19.0 Å². The first-order valence-corrected chi connectivity index (χ1v) is 8.16. The van der Waals surface area contributed by atoms with E-state index in [4.69, 9.17) is 13.3 Å². The number of carbonyl (C=O) groups excluding carboxylic acids is 1. The summed E-state index contributed by atoms with van der Waals surface area (Å²) in [7, 11) is 3.89. The van der Waals surface area contributed by atoms with Crippen molar-refractivity contribution in [1.29, 1.82) is 0 Å². The first-order valence-electron chi connectivity index (χ1n) is 8.16. The summed E-state index contributed by atoms with van der Waals surface area (Å²) in [6.45, 7) is 4.20. The number of aryl methyl sites for hydroxylation is 1. The molecule has 0 spiro atoms. The van der Waals surface area contributed by atoms with Crippen molar-refractivity contribution >= 4 is 34.0 Å². The summed E-state index contributed by atoms with van der Waals surface area (Å²) in [4.78, 5) is 41.5. The number of furan rings is 1. The molecule has 138 valence electrons. The Morgan fingerprint density at radius 1 is 1.08 bits per heavy atom. The second-order valence-electron chi connectivity index (χ2n) is 6.17. The van der Waals surface area contributed by atoms with Crippen LogP contribution in [0.1, 0.15) is 24.7 Å². The van der Waals surface area contributed by atoms with Crippen LogP contribution in [0.2, 0.25) is 0 Å². The van der Waals surface area contributed by atoms with E-state index in [1.165, 1.54) is 0 Å². The van der Waals surface area contributed by atoms with Crippen molar-refractivity contribution < 1.29 is 18.0 Å². The van der Waals surface area contributed by atoms with E-state index in [2.05, 4.69) is 10.3 Å². The standard InChI is InChI=1S/C17H19N3O6/c1-5-10(21)18-15-14-13(25-16(22)17(23)26-14)12-11(19-15)9(8(2)24-12)6-7-20(3)4/h5-7H2,1-4H3,(H,18,19,21). The molecule has 0 radical (unpaired) electrons. The molecule has 0 unspecified atom stereocenters. The lowest BCUT2D eigenvalue weighted by Crippen LogP contribution is -2.22. The van der Waals surface area contributed by atoms with Gasteiger partial charge in [0.25, 0.3) is 0 Å². The Bertz CT molecular complexity index is 1110. The number of nitrogens with one attached hydrogen (secondary N) is 1. The highest BCUT2D eigenvalue weighted by atomic mass is 16.5. The summed E-state index contributed by atoms with van der Waals surface area (Å²) in [5.41, 5.74) is -1.01. The SMILES string of the molecule is CCC(=O)Nc1nc2c(CCN(C)C)c(C)oc2c2oc(=O)c(=O)oc12. The second kappa shape index (κ2) is 6.75. The molecule has 0 aromatic carbocycles. The van der Waals surface area contributed by atoms with E-state index in [0.717, 1.165) is 12.1 Å². The highest BCUT2D eigenvalue weighted by molar-refractivity contribution is 6.05. The van der Waals surface area contributed by atoms with Crippen LogP contribution in [0.25, 0.3) is 22.3 Å². The lowest BCUT2D eigenvalue weighted by molar-refractivity contribution is -0.115. The van der Waals surface area contributed by atoms with Gasteiger partial charge in [-0.1, -0.05) is 6.92 Å². The number of pyridine rings is 1. The summed E-state index contributed by atoms with van der Waals surface area (Å²) in [6, 6.07) is 0. The Morgan fingerprint density at radius 3 is 2.35 bits per heavy atom. The Balaban J connectivity index is 2.33. The highest BCUT2D eigenvalue weighted by Gasteiger charge is 2.23. The van der Waals surface area contributed by atoms with Crippen LogP contribution in [0.4, 0.5) is 5.82 Å². The van der Waals surface area contributed by atoms with E-state index in [-0.39, 0.29) is 34.9 Å². The molecule has 9 heteroatoms. The third kappa shape index (κ3) is 3.13. The molecule has 0 aliphatic carbocycles. The number of likely N-dealkylation sites (N-methyl/N-ethyl adjacent to an activating group) is 1. The van der Waals surface area contributed by atoms with Crippen LogP contribution in [-0.4, -0.2) is 36.4 Å². The van der Waals surface area contributed by atoms with Crippen LogP contribution in [0.15, 0.2) is 22.8 Å². The zero-order valence-corrected chi connectivity index (χ0v) is 15.0. The van der Waals surface area contributed by atoms with Crippen LogP contribution in [0.3, 0.4) is 0 Å². The quantitative estimate of drug-likeness (QED) is 0.681. The van der Waals surface area contributed by atoms with Crippen LogP contribution in [-0.2, 0) is 11.2 Å². The fourth-order valence-corrected chi connectivity index (χ4v) is 2.60. The number of fused-ring (bicyclic) bond motifs is 3. The van der Waals surface area contributed by atoms with Gasteiger partial charge >= 0.3 is 11.3 Å². The summed E-state index contributed by atoms with van der Waals surface area (Å²) in [5.74, 6) is 0.317. The predicted octanol–water partition coefficient (Wildman–Crippen LogP) is 1.65. The van der Waals surface area contributed by atoms with Gasteiger partial charge in [-0.05, 0) is 27.4 Å². The van der Waals surface area contributed by atoms with Crippen molar-refractivity contribution in [2.75, 3.05) is 26.0 Å². The van der Waals surface area contributed by atoms with Gasteiger partial charge < -0.3 is 23.5 Å². The first kappa shape index (κ1) is 17.9. The molecule has 0 atom stereocenters. The molecule has 3 heterocycles. The van der Waals surface area contributed by atoms with E-state index in [0.29, 0.717) is 17.7 Å². The molecule has 0 fully saturated rings. The van der Waals surface area contributed by atoms with Gasteiger partial charge in [0.15, 0.2) is 11.4 Å². The van der Waals surface area contributed by atoms with Crippen LogP contribution in [0.5, 0.6) is 0 Å². The number of hydrogen-bond acceptors (Lipinski definition) is 8. The molecule has 0 aliphatic rings.